The number of aromatic nitrogens is 3. The van der Waals surface area contributed by atoms with Crippen molar-refractivity contribution in [3.05, 3.63) is 106 Å². The lowest BCUT2D eigenvalue weighted by atomic mass is 9.94. The van der Waals surface area contributed by atoms with E-state index in [2.05, 4.69) is 32.7 Å². The molecule has 15 nitrogen and oxygen atoms in total. The van der Waals surface area contributed by atoms with Gasteiger partial charge in [0.05, 0.1) is 30.0 Å². The van der Waals surface area contributed by atoms with Crippen LogP contribution in [0.4, 0.5) is 0 Å². The summed E-state index contributed by atoms with van der Waals surface area (Å²) in [4.78, 5) is 70.7. The van der Waals surface area contributed by atoms with Gasteiger partial charge in [0.15, 0.2) is 12.4 Å². The number of aryl methyl sites for hydroxylation is 1. The van der Waals surface area contributed by atoms with E-state index in [0.717, 1.165) is 23.2 Å². The fourth-order valence-electron chi connectivity index (χ4n) is 7.76. The molecule has 4 aromatic rings. The third-order valence-electron chi connectivity index (χ3n) is 10.8. The Morgan fingerprint density at radius 2 is 1.76 bits per heavy atom. The van der Waals surface area contributed by atoms with Gasteiger partial charge >= 0.3 is 0 Å². The molecule has 0 aliphatic carbocycles. The van der Waals surface area contributed by atoms with Gasteiger partial charge < -0.3 is 20.1 Å². The molecule has 16 heteroatoms. The van der Waals surface area contributed by atoms with Crippen LogP contribution >= 0.6 is 11.6 Å². The number of imide groups is 1. The number of halogens is 1. The number of ether oxygens (including phenoxy) is 2. The van der Waals surface area contributed by atoms with Gasteiger partial charge in [-0.15, -0.1) is 10.2 Å². The average Bonchev–Trinajstić information content (AvgIpc) is 3.68. The smallest absolute Gasteiger partial charge is 0.263 e. The van der Waals surface area contributed by atoms with E-state index >= 15 is 0 Å². The minimum atomic E-state index is -0.863. The minimum absolute atomic E-state index is 0.114. The summed E-state index contributed by atoms with van der Waals surface area (Å²) in [5.41, 5.74) is 4.23. The SMILES string of the molecule is C=C1c2cccc(OCC(=O)NCCCCCNC(=O)[C@H](CC)[C@@H]3N=C(c4ccc(Cl)cc4)c4cc(OC)ccc4-n4c(C)nnc43)c2C(=O)N1C1CCC(=O)NC1=O. The number of carbonyl (C=O) groups is 5. The first kappa shape index (κ1) is 40.8. The number of piperidine rings is 1. The number of methoxy groups -OCH3 is 1. The summed E-state index contributed by atoms with van der Waals surface area (Å²) >= 11 is 6.25. The zero-order chi connectivity index (χ0) is 41.8. The van der Waals surface area contributed by atoms with Crippen LogP contribution in [-0.4, -0.2) is 87.8 Å². The molecule has 0 saturated carbocycles. The predicted octanol–water partition coefficient (Wildman–Crippen LogP) is 4.87. The normalized spacial score (nSPS) is 17.6. The molecular weight excluding hydrogens is 776 g/mol. The molecule has 306 valence electrons. The summed E-state index contributed by atoms with van der Waals surface area (Å²) in [6, 6.07) is 16.7. The number of rotatable bonds is 15. The van der Waals surface area contributed by atoms with Gasteiger partial charge in [0.1, 0.15) is 29.4 Å². The Kier molecular flexibility index (Phi) is 12.2. The summed E-state index contributed by atoms with van der Waals surface area (Å²) in [5, 5.41) is 17.7. The molecular formula is C43H45ClN8O7. The zero-order valence-electron chi connectivity index (χ0n) is 33.0. The van der Waals surface area contributed by atoms with Crippen LogP contribution in [0, 0.1) is 12.8 Å². The largest absolute Gasteiger partial charge is 0.497 e. The lowest BCUT2D eigenvalue weighted by Crippen LogP contribution is -2.52. The molecule has 1 unspecified atom stereocenters. The maximum atomic E-state index is 13.9. The first-order chi connectivity index (χ1) is 28.5. The van der Waals surface area contributed by atoms with Crippen molar-refractivity contribution in [2.24, 2.45) is 10.9 Å². The van der Waals surface area contributed by atoms with Gasteiger partial charge in [-0.05, 0) is 75.4 Å². The number of benzene rings is 3. The van der Waals surface area contributed by atoms with Crippen LogP contribution in [0.2, 0.25) is 5.02 Å². The summed E-state index contributed by atoms with van der Waals surface area (Å²) in [7, 11) is 1.61. The number of nitrogens with zero attached hydrogens (tertiary/aromatic N) is 5. The molecule has 4 heterocycles. The van der Waals surface area contributed by atoms with E-state index in [9.17, 15) is 24.0 Å². The summed E-state index contributed by atoms with van der Waals surface area (Å²) in [5.74, 6) is -0.356. The van der Waals surface area contributed by atoms with Crippen molar-refractivity contribution in [2.45, 2.75) is 64.5 Å². The van der Waals surface area contributed by atoms with Crippen molar-refractivity contribution in [3.63, 3.8) is 0 Å². The summed E-state index contributed by atoms with van der Waals surface area (Å²) in [6.07, 6.45) is 2.89. The van der Waals surface area contributed by atoms with Crippen LogP contribution in [0.15, 0.2) is 72.2 Å². The quantitative estimate of drug-likeness (QED) is 0.111. The van der Waals surface area contributed by atoms with Gasteiger partial charge in [0.2, 0.25) is 17.7 Å². The fraction of sp³-hybridized carbons (Fsp3) is 0.349. The number of fused-ring (bicyclic) bond motifs is 4. The highest BCUT2D eigenvalue weighted by atomic mass is 35.5. The number of amides is 5. The van der Waals surface area contributed by atoms with E-state index in [-0.39, 0.29) is 48.5 Å². The number of carbonyl (C=O) groups excluding carboxylic acids is 5. The van der Waals surface area contributed by atoms with Crippen molar-refractivity contribution in [2.75, 3.05) is 26.8 Å². The van der Waals surface area contributed by atoms with Crippen LogP contribution in [0.25, 0.3) is 11.4 Å². The standard InChI is InChI=1S/C43H45ClN8O7/c1-5-29(39-40-50-49-25(3)52(40)32-17-16-28(58-4)22-31(32)38(48-39)26-12-14-27(44)15-13-26)41(55)46-21-8-6-7-20-45-36(54)23-59-34-11-9-10-30-24(2)51(43(57)37(30)34)33-18-19-35(53)47-42(33)56/h9-17,22,29,33,39H,2,5-8,18-21,23H2,1,3-4H3,(H,45,54)(H,46,55)(H,47,53,56)/t29-,33?,39+/m1/s1. The van der Waals surface area contributed by atoms with Crippen LogP contribution < -0.4 is 25.4 Å². The van der Waals surface area contributed by atoms with Gasteiger partial charge in [0.25, 0.3) is 11.8 Å². The van der Waals surface area contributed by atoms with Crippen molar-refractivity contribution in [3.8, 4) is 17.2 Å². The third kappa shape index (κ3) is 8.33. The average molecular weight is 821 g/mol. The molecule has 3 aromatic carbocycles. The van der Waals surface area contributed by atoms with Crippen LogP contribution in [0.3, 0.4) is 0 Å². The van der Waals surface area contributed by atoms with E-state index < -0.39 is 29.8 Å². The molecule has 3 aliphatic rings. The Morgan fingerprint density at radius 1 is 1.00 bits per heavy atom. The molecule has 5 amide bonds. The second kappa shape index (κ2) is 17.6. The molecule has 3 N–H and O–H groups in total. The Bertz CT molecular complexity index is 2360. The summed E-state index contributed by atoms with van der Waals surface area (Å²) in [6.45, 7) is 8.35. The highest BCUT2D eigenvalue weighted by molar-refractivity contribution is 6.30. The maximum Gasteiger partial charge on any atom is 0.263 e. The predicted molar refractivity (Wildman–Crippen MR) is 219 cm³/mol. The lowest BCUT2D eigenvalue weighted by Gasteiger charge is -2.30. The number of hydrogen-bond donors (Lipinski definition) is 3. The van der Waals surface area contributed by atoms with Gasteiger partial charge in [0, 0.05) is 46.9 Å². The van der Waals surface area contributed by atoms with Crippen LogP contribution in [0.5, 0.6) is 11.5 Å². The topological polar surface area (TPSA) is 186 Å². The highest BCUT2D eigenvalue weighted by Gasteiger charge is 2.43. The number of hydrogen-bond acceptors (Lipinski definition) is 10. The van der Waals surface area contributed by atoms with Gasteiger partial charge in [-0.3, -0.25) is 43.7 Å². The monoisotopic (exact) mass is 820 g/mol. The van der Waals surface area contributed by atoms with E-state index in [1.54, 1.807) is 25.3 Å². The van der Waals surface area contributed by atoms with Gasteiger partial charge in [-0.25, -0.2) is 0 Å². The molecule has 0 bridgehead atoms. The maximum absolute atomic E-state index is 13.9. The van der Waals surface area contributed by atoms with Crippen LogP contribution in [-0.2, 0) is 19.2 Å². The molecule has 3 aliphatic heterocycles. The minimum Gasteiger partial charge on any atom is -0.497 e. The third-order valence-corrected chi connectivity index (χ3v) is 11.0. The Labute approximate surface area is 346 Å². The Morgan fingerprint density at radius 3 is 2.49 bits per heavy atom. The van der Waals surface area contributed by atoms with E-state index in [0.29, 0.717) is 71.7 Å². The van der Waals surface area contributed by atoms with Crippen molar-refractivity contribution < 1.29 is 33.4 Å². The fourth-order valence-corrected chi connectivity index (χ4v) is 7.88. The van der Waals surface area contributed by atoms with Gasteiger partial charge in [-0.1, -0.05) is 49.4 Å². The first-order valence-corrected chi connectivity index (χ1v) is 20.0. The van der Waals surface area contributed by atoms with Crippen LogP contribution in [0.1, 0.15) is 90.2 Å². The van der Waals surface area contributed by atoms with E-state index in [1.807, 2.05) is 60.9 Å². The molecule has 7 rings (SSSR count). The Balaban J connectivity index is 0.918. The Hall–Kier alpha value is -6.35. The second-order valence-corrected chi connectivity index (χ2v) is 15.0. The molecule has 1 aromatic heterocycles. The summed E-state index contributed by atoms with van der Waals surface area (Å²) < 4.78 is 13.3. The lowest BCUT2D eigenvalue weighted by molar-refractivity contribution is -0.136. The molecule has 59 heavy (non-hydrogen) atoms. The van der Waals surface area contributed by atoms with Crippen molar-refractivity contribution in [1.82, 2.24) is 35.6 Å². The number of nitrogens with one attached hydrogen (secondary N) is 3. The second-order valence-electron chi connectivity index (χ2n) is 14.5. The molecule has 3 atom stereocenters. The molecule has 0 spiro atoms. The molecule has 1 fully saturated rings. The zero-order valence-corrected chi connectivity index (χ0v) is 33.8. The van der Waals surface area contributed by atoms with E-state index in [4.69, 9.17) is 26.1 Å². The number of unbranched alkanes of at least 4 members (excludes halogenated alkanes) is 2. The van der Waals surface area contributed by atoms with Gasteiger partial charge in [-0.2, -0.15) is 0 Å². The van der Waals surface area contributed by atoms with Crippen molar-refractivity contribution in [1.29, 1.82) is 0 Å². The molecule has 0 radical (unpaired) electrons. The van der Waals surface area contributed by atoms with E-state index in [1.165, 1.54) is 4.90 Å². The number of aliphatic imine (C=N–C) groups is 1. The molecule has 1 saturated heterocycles. The first-order valence-electron chi connectivity index (χ1n) is 19.6. The van der Waals surface area contributed by atoms with Crippen molar-refractivity contribution >= 4 is 52.5 Å². The highest BCUT2D eigenvalue weighted by Crippen LogP contribution is 2.40.